The van der Waals surface area contributed by atoms with Crippen LogP contribution in [0, 0.1) is 12.3 Å². The lowest BCUT2D eigenvalue weighted by Crippen LogP contribution is -2.33. The maximum Gasteiger partial charge on any atom is 0.0358 e. The van der Waals surface area contributed by atoms with Gasteiger partial charge in [-0.2, -0.15) is 0 Å². The molecule has 1 aromatic rings. The first-order chi connectivity index (χ1) is 6.00. The topological polar surface area (TPSA) is 26.0 Å². The van der Waals surface area contributed by atoms with Gasteiger partial charge in [-0.05, 0) is 36.8 Å². The summed E-state index contributed by atoms with van der Waals surface area (Å²) in [5.41, 5.74) is 7.92. The summed E-state index contributed by atoms with van der Waals surface area (Å²) in [5.74, 6) is 0. The molecule has 0 saturated carbocycles. The van der Waals surface area contributed by atoms with E-state index in [1.165, 1.54) is 28.2 Å². The highest BCUT2D eigenvalue weighted by Crippen LogP contribution is 2.44. The molecule has 0 fully saturated rings. The fraction of sp³-hybridized carbons (Fsp3) is 0.636. The van der Waals surface area contributed by atoms with Crippen molar-refractivity contribution in [3.63, 3.8) is 0 Å². The van der Waals surface area contributed by atoms with Gasteiger partial charge in [-0.25, -0.2) is 0 Å². The van der Waals surface area contributed by atoms with E-state index in [-0.39, 0.29) is 11.5 Å². The minimum Gasteiger partial charge on any atom is -0.323 e. The molecule has 0 amide bonds. The van der Waals surface area contributed by atoms with Crippen molar-refractivity contribution in [3.05, 3.63) is 21.4 Å². The van der Waals surface area contributed by atoms with E-state index in [4.69, 9.17) is 5.73 Å². The number of rotatable bonds is 0. The standard InChI is InChI=1S/C11H17NS/c1-7-6-8-9(13-7)4-5-11(2,3)10(8)12/h6,10H,4-5,12H2,1-3H3. The van der Waals surface area contributed by atoms with Gasteiger partial charge in [-0.15, -0.1) is 11.3 Å². The van der Waals surface area contributed by atoms with Gasteiger partial charge < -0.3 is 5.73 Å². The second kappa shape index (κ2) is 2.82. The molecule has 0 radical (unpaired) electrons. The van der Waals surface area contributed by atoms with Crippen molar-refractivity contribution in [3.8, 4) is 0 Å². The van der Waals surface area contributed by atoms with Crippen LogP contribution >= 0.6 is 11.3 Å². The quantitative estimate of drug-likeness (QED) is 0.676. The summed E-state index contributed by atoms with van der Waals surface area (Å²) in [7, 11) is 0. The Kier molecular flexibility index (Phi) is 2.00. The van der Waals surface area contributed by atoms with Crippen LogP contribution < -0.4 is 5.73 Å². The summed E-state index contributed by atoms with van der Waals surface area (Å²) in [4.78, 5) is 2.92. The van der Waals surface area contributed by atoms with Crippen LogP contribution in [0.2, 0.25) is 0 Å². The van der Waals surface area contributed by atoms with Crippen molar-refractivity contribution in [2.75, 3.05) is 0 Å². The van der Waals surface area contributed by atoms with E-state index in [0.717, 1.165) is 0 Å². The fourth-order valence-electron chi connectivity index (χ4n) is 2.05. The number of nitrogens with two attached hydrogens (primary N) is 1. The summed E-state index contributed by atoms with van der Waals surface area (Å²) in [5, 5.41) is 0. The smallest absolute Gasteiger partial charge is 0.0358 e. The fourth-order valence-corrected chi connectivity index (χ4v) is 3.14. The Labute approximate surface area is 84.0 Å². The first-order valence-corrected chi connectivity index (χ1v) is 5.67. The van der Waals surface area contributed by atoms with E-state index >= 15 is 0 Å². The molecule has 1 atom stereocenters. The third-order valence-corrected chi connectivity index (χ3v) is 4.26. The predicted molar refractivity (Wildman–Crippen MR) is 58.1 cm³/mol. The molecular formula is C11H17NS. The second-order valence-corrected chi connectivity index (χ2v) is 6.04. The molecule has 1 aliphatic rings. The summed E-state index contributed by atoms with van der Waals surface area (Å²) < 4.78 is 0. The van der Waals surface area contributed by atoms with Crippen molar-refractivity contribution < 1.29 is 0 Å². The van der Waals surface area contributed by atoms with Crippen molar-refractivity contribution in [2.24, 2.45) is 11.1 Å². The van der Waals surface area contributed by atoms with Gasteiger partial charge in [-0.3, -0.25) is 0 Å². The van der Waals surface area contributed by atoms with Crippen LogP contribution in [0.3, 0.4) is 0 Å². The van der Waals surface area contributed by atoms with Crippen LogP contribution in [0.25, 0.3) is 0 Å². The molecule has 1 aliphatic carbocycles. The molecule has 1 aromatic heterocycles. The van der Waals surface area contributed by atoms with E-state index in [9.17, 15) is 0 Å². The Hall–Kier alpha value is -0.340. The number of hydrogen-bond donors (Lipinski definition) is 1. The molecule has 13 heavy (non-hydrogen) atoms. The molecule has 1 nitrogen and oxygen atoms in total. The lowest BCUT2D eigenvalue weighted by Gasteiger charge is -2.36. The Morgan fingerprint density at radius 1 is 1.54 bits per heavy atom. The van der Waals surface area contributed by atoms with Crippen molar-refractivity contribution in [1.29, 1.82) is 0 Å². The normalized spacial score (nSPS) is 25.7. The van der Waals surface area contributed by atoms with Gasteiger partial charge >= 0.3 is 0 Å². The first kappa shape index (κ1) is 9.22. The average Bonchev–Trinajstić information content (AvgIpc) is 2.40. The van der Waals surface area contributed by atoms with E-state index < -0.39 is 0 Å². The Bertz CT molecular complexity index is 325. The molecule has 0 aliphatic heterocycles. The minimum absolute atomic E-state index is 0.237. The Morgan fingerprint density at radius 2 is 2.23 bits per heavy atom. The molecule has 0 saturated heterocycles. The van der Waals surface area contributed by atoms with Crippen LogP contribution in [-0.2, 0) is 6.42 Å². The van der Waals surface area contributed by atoms with Gasteiger partial charge in [0.2, 0.25) is 0 Å². The van der Waals surface area contributed by atoms with E-state index in [1.807, 2.05) is 11.3 Å². The van der Waals surface area contributed by atoms with E-state index in [0.29, 0.717) is 0 Å². The molecule has 2 heteroatoms. The third-order valence-electron chi connectivity index (χ3n) is 3.14. The molecule has 0 aromatic carbocycles. The summed E-state index contributed by atoms with van der Waals surface area (Å²) >= 11 is 1.91. The SMILES string of the molecule is Cc1cc2c(s1)CCC(C)(C)C2N. The second-order valence-electron chi connectivity index (χ2n) is 4.70. The van der Waals surface area contributed by atoms with Crippen LogP contribution in [0.15, 0.2) is 6.07 Å². The molecule has 1 heterocycles. The zero-order chi connectivity index (χ0) is 9.64. The Balaban J connectivity index is 2.44. The van der Waals surface area contributed by atoms with Crippen molar-refractivity contribution in [2.45, 2.75) is 39.7 Å². The monoisotopic (exact) mass is 195 g/mol. The van der Waals surface area contributed by atoms with Gasteiger partial charge in [-0.1, -0.05) is 13.8 Å². The third kappa shape index (κ3) is 1.42. The number of fused-ring (bicyclic) bond motifs is 1. The highest BCUT2D eigenvalue weighted by Gasteiger charge is 2.34. The van der Waals surface area contributed by atoms with Crippen LogP contribution in [0.5, 0.6) is 0 Å². The molecule has 0 spiro atoms. The minimum atomic E-state index is 0.237. The van der Waals surface area contributed by atoms with Crippen molar-refractivity contribution in [1.82, 2.24) is 0 Å². The van der Waals surface area contributed by atoms with Crippen LogP contribution in [0.4, 0.5) is 0 Å². The summed E-state index contributed by atoms with van der Waals surface area (Å²) in [6.07, 6.45) is 2.44. The average molecular weight is 195 g/mol. The van der Waals surface area contributed by atoms with Crippen LogP contribution in [-0.4, -0.2) is 0 Å². The highest BCUT2D eigenvalue weighted by molar-refractivity contribution is 7.12. The molecule has 2 rings (SSSR count). The predicted octanol–water partition coefficient (Wildman–Crippen LogP) is 3.03. The molecule has 2 N–H and O–H groups in total. The van der Waals surface area contributed by atoms with Gasteiger partial charge in [0.25, 0.3) is 0 Å². The first-order valence-electron chi connectivity index (χ1n) is 4.85. The maximum absolute atomic E-state index is 6.24. The number of aryl methyl sites for hydroxylation is 2. The van der Waals surface area contributed by atoms with Crippen LogP contribution in [0.1, 0.15) is 41.6 Å². The lowest BCUT2D eigenvalue weighted by molar-refractivity contribution is 0.251. The maximum atomic E-state index is 6.24. The highest BCUT2D eigenvalue weighted by atomic mass is 32.1. The summed E-state index contributed by atoms with van der Waals surface area (Å²) in [6, 6.07) is 2.51. The zero-order valence-electron chi connectivity index (χ0n) is 8.55. The zero-order valence-corrected chi connectivity index (χ0v) is 9.37. The lowest BCUT2D eigenvalue weighted by atomic mass is 9.73. The van der Waals surface area contributed by atoms with E-state index in [1.54, 1.807) is 0 Å². The van der Waals surface area contributed by atoms with Gasteiger partial charge in [0.05, 0.1) is 0 Å². The van der Waals surface area contributed by atoms with Gasteiger partial charge in [0, 0.05) is 15.8 Å². The Morgan fingerprint density at radius 3 is 2.92 bits per heavy atom. The largest absolute Gasteiger partial charge is 0.323 e. The number of thiophene rings is 1. The van der Waals surface area contributed by atoms with Crippen molar-refractivity contribution >= 4 is 11.3 Å². The van der Waals surface area contributed by atoms with E-state index in [2.05, 4.69) is 26.8 Å². The summed E-state index contributed by atoms with van der Waals surface area (Å²) in [6.45, 7) is 6.71. The molecule has 72 valence electrons. The van der Waals surface area contributed by atoms with Gasteiger partial charge in [0.1, 0.15) is 0 Å². The number of hydrogen-bond acceptors (Lipinski definition) is 2. The van der Waals surface area contributed by atoms with Gasteiger partial charge in [0.15, 0.2) is 0 Å². The molecular weight excluding hydrogens is 178 g/mol. The molecule has 0 bridgehead atoms. The molecule has 1 unspecified atom stereocenters.